The molecule has 1 N–H and O–H groups in total. The van der Waals surface area contributed by atoms with Crippen molar-refractivity contribution < 1.29 is 13.9 Å². The molecule has 0 radical (unpaired) electrons. The maximum Gasteiger partial charge on any atom is 0.350 e. The van der Waals surface area contributed by atoms with Crippen molar-refractivity contribution in [3.63, 3.8) is 0 Å². The van der Waals surface area contributed by atoms with Crippen LogP contribution in [0.3, 0.4) is 0 Å². The van der Waals surface area contributed by atoms with E-state index in [1.165, 1.54) is 48.1 Å². The molecule has 0 spiro atoms. The minimum atomic E-state index is -0.433. The van der Waals surface area contributed by atoms with Crippen molar-refractivity contribution in [2.75, 3.05) is 11.8 Å². The fraction of sp³-hybridized carbons (Fsp3) is 0.250. The van der Waals surface area contributed by atoms with Crippen LogP contribution in [0, 0.1) is 5.82 Å². The molecule has 136 valence electrons. The predicted molar refractivity (Wildman–Crippen MR) is 108 cm³/mol. The molecule has 26 heavy (non-hydrogen) atoms. The molecule has 3 nitrogen and oxygen atoms in total. The van der Waals surface area contributed by atoms with E-state index in [2.05, 4.69) is 37.6 Å². The first-order valence-electron chi connectivity index (χ1n) is 8.13. The third kappa shape index (κ3) is 3.86. The van der Waals surface area contributed by atoms with Crippen LogP contribution in [0.1, 0.15) is 36.0 Å². The topological polar surface area (TPSA) is 38.3 Å². The molecule has 0 saturated carbocycles. The molecule has 1 aromatic heterocycles. The number of carbonyl (C=O) groups excluding carboxylic acids is 1. The molecule has 0 aliphatic rings. The lowest BCUT2D eigenvalue weighted by Crippen LogP contribution is -2.10. The van der Waals surface area contributed by atoms with Crippen LogP contribution in [0.5, 0.6) is 0 Å². The van der Waals surface area contributed by atoms with Gasteiger partial charge in [0.2, 0.25) is 0 Å². The lowest BCUT2D eigenvalue weighted by atomic mass is 9.87. The number of halogens is 1. The maximum absolute atomic E-state index is 13.7. The summed E-state index contributed by atoms with van der Waals surface area (Å²) in [6.07, 6.45) is 0. The van der Waals surface area contributed by atoms with Gasteiger partial charge in [-0.25, -0.2) is 9.18 Å². The van der Waals surface area contributed by atoms with Crippen LogP contribution < -0.4 is 4.72 Å². The zero-order valence-electron chi connectivity index (χ0n) is 15.1. The molecular weight excluding hydrogens is 369 g/mol. The van der Waals surface area contributed by atoms with Crippen molar-refractivity contribution >= 4 is 45.0 Å². The van der Waals surface area contributed by atoms with Crippen molar-refractivity contribution in [3.8, 4) is 0 Å². The van der Waals surface area contributed by atoms with Gasteiger partial charge in [-0.1, -0.05) is 32.9 Å². The number of thiophene rings is 1. The van der Waals surface area contributed by atoms with Crippen molar-refractivity contribution in [2.45, 2.75) is 31.1 Å². The van der Waals surface area contributed by atoms with E-state index in [0.717, 1.165) is 9.60 Å². The SMILES string of the molecule is COC(=O)c1sc2ccc(F)cc2c1NSc1ccc(C(C)(C)C)cc1. The average Bonchev–Trinajstić information content (AvgIpc) is 2.96. The molecule has 2 aromatic carbocycles. The summed E-state index contributed by atoms with van der Waals surface area (Å²) in [5.41, 5.74) is 1.93. The molecule has 0 unspecified atom stereocenters. The summed E-state index contributed by atoms with van der Waals surface area (Å²) in [6, 6.07) is 12.8. The van der Waals surface area contributed by atoms with Crippen LogP contribution >= 0.6 is 23.3 Å². The van der Waals surface area contributed by atoms with E-state index in [1.807, 2.05) is 12.1 Å². The maximum atomic E-state index is 13.7. The third-order valence-electron chi connectivity index (χ3n) is 4.01. The van der Waals surface area contributed by atoms with Crippen LogP contribution in [0.25, 0.3) is 10.1 Å². The standard InChI is InChI=1S/C20H20FNO2S2/c1-20(2,3)12-5-8-14(9-6-12)26-22-17-15-11-13(21)7-10-16(15)25-18(17)19(23)24-4/h5-11,22H,1-4H3. The number of benzene rings is 2. The van der Waals surface area contributed by atoms with Crippen molar-refractivity contribution in [2.24, 2.45) is 0 Å². The monoisotopic (exact) mass is 389 g/mol. The first-order chi connectivity index (χ1) is 12.3. The number of carbonyl (C=O) groups is 1. The van der Waals surface area contributed by atoms with Gasteiger partial charge in [-0.3, -0.25) is 0 Å². The first-order valence-corrected chi connectivity index (χ1v) is 9.76. The second kappa shape index (κ2) is 7.29. The number of anilines is 1. The molecule has 1 heterocycles. The number of nitrogens with one attached hydrogen (secondary N) is 1. The molecule has 0 aliphatic heterocycles. The summed E-state index contributed by atoms with van der Waals surface area (Å²) in [5, 5.41) is 0.675. The van der Waals surface area contributed by atoms with E-state index in [0.29, 0.717) is 16.0 Å². The van der Waals surface area contributed by atoms with Gasteiger partial charge < -0.3 is 9.46 Å². The molecule has 0 amide bonds. The van der Waals surface area contributed by atoms with E-state index >= 15 is 0 Å². The van der Waals surface area contributed by atoms with E-state index < -0.39 is 5.97 Å². The summed E-state index contributed by atoms with van der Waals surface area (Å²) in [4.78, 5) is 13.5. The second-order valence-electron chi connectivity index (χ2n) is 6.92. The molecule has 3 rings (SSSR count). The zero-order chi connectivity index (χ0) is 18.9. The zero-order valence-corrected chi connectivity index (χ0v) is 16.7. The number of methoxy groups -OCH3 is 1. The molecule has 0 atom stereocenters. The van der Waals surface area contributed by atoms with Gasteiger partial charge in [0.15, 0.2) is 0 Å². The predicted octanol–water partition coefficient (Wildman–Crippen LogP) is 6.24. The largest absolute Gasteiger partial charge is 0.465 e. The Morgan fingerprint density at radius 2 is 1.85 bits per heavy atom. The lowest BCUT2D eigenvalue weighted by Gasteiger charge is -2.19. The quantitative estimate of drug-likeness (QED) is 0.423. The fourth-order valence-electron chi connectivity index (χ4n) is 2.54. The molecule has 6 heteroatoms. The first kappa shape index (κ1) is 18.7. The summed E-state index contributed by atoms with van der Waals surface area (Å²) < 4.78 is 22.6. The van der Waals surface area contributed by atoms with Crippen LogP contribution in [0.15, 0.2) is 47.4 Å². The summed E-state index contributed by atoms with van der Waals surface area (Å²) in [5.74, 6) is -0.771. The number of fused-ring (bicyclic) bond motifs is 1. The number of esters is 1. The summed E-state index contributed by atoms with van der Waals surface area (Å²) >= 11 is 2.68. The van der Waals surface area contributed by atoms with E-state index in [-0.39, 0.29) is 11.2 Å². The van der Waals surface area contributed by atoms with Crippen LogP contribution in [-0.2, 0) is 10.2 Å². The Balaban J connectivity index is 1.90. The van der Waals surface area contributed by atoms with Gasteiger partial charge in [0.1, 0.15) is 10.7 Å². The molecular formula is C20H20FNO2S2. The van der Waals surface area contributed by atoms with Gasteiger partial charge in [0.05, 0.1) is 12.8 Å². The van der Waals surface area contributed by atoms with Gasteiger partial charge in [0, 0.05) is 15.0 Å². The highest BCUT2D eigenvalue weighted by molar-refractivity contribution is 8.00. The van der Waals surface area contributed by atoms with Gasteiger partial charge in [0.25, 0.3) is 0 Å². The van der Waals surface area contributed by atoms with Crippen molar-refractivity contribution in [1.29, 1.82) is 0 Å². The molecule has 0 bridgehead atoms. The molecule has 0 saturated heterocycles. The molecule has 0 fully saturated rings. The van der Waals surface area contributed by atoms with Gasteiger partial charge in [-0.2, -0.15) is 0 Å². The Morgan fingerprint density at radius 3 is 2.46 bits per heavy atom. The smallest absolute Gasteiger partial charge is 0.350 e. The number of hydrogen-bond donors (Lipinski definition) is 1. The number of hydrogen-bond acceptors (Lipinski definition) is 5. The Labute approximate surface area is 160 Å². The Hall–Kier alpha value is -2.05. The van der Waals surface area contributed by atoms with Gasteiger partial charge in [-0.05, 0) is 53.3 Å². The third-order valence-corrected chi connectivity index (χ3v) is 5.98. The second-order valence-corrected chi connectivity index (χ2v) is 8.85. The highest BCUT2D eigenvalue weighted by atomic mass is 32.2. The van der Waals surface area contributed by atoms with Crippen LogP contribution in [-0.4, -0.2) is 13.1 Å². The highest BCUT2D eigenvalue weighted by Gasteiger charge is 2.20. The van der Waals surface area contributed by atoms with Crippen molar-refractivity contribution in [1.82, 2.24) is 0 Å². The van der Waals surface area contributed by atoms with Crippen molar-refractivity contribution in [3.05, 3.63) is 58.7 Å². The van der Waals surface area contributed by atoms with Gasteiger partial charge >= 0.3 is 5.97 Å². The van der Waals surface area contributed by atoms with Crippen LogP contribution in [0.4, 0.5) is 10.1 Å². The average molecular weight is 390 g/mol. The molecule has 3 aromatic rings. The number of ether oxygens (including phenoxy) is 1. The Morgan fingerprint density at radius 1 is 1.15 bits per heavy atom. The number of rotatable bonds is 4. The highest BCUT2D eigenvalue weighted by Crippen LogP contribution is 2.39. The Bertz CT molecular complexity index is 943. The Kier molecular flexibility index (Phi) is 5.25. The van der Waals surface area contributed by atoms with Crippen LogP contribution in [0.2, 0.25) is 0 Å². The summed E-state index contributed by atoms with van der Waals surface area (Å²) in [6.45, 7) is 6.51. The summed E-state index contributed by atoms with van der Waals surface area (Å²) in [7, 11) is 1.34. The minimum absolute atomic E-state index is 0.0930. The fourth-order valence-corrected chi connectivity index (χ4v) is 4.37. The minimum Gasteiger partial charge on any atom is -0.465 e. The molecule has 0 aliphatic carbocycles. The van der Waals surface area contributed by atoms with Gasteiger partial charge in [-0.15, -0.1) is 11.3 Å². The van der Waals surface area contributed by atoms with E-state index in [9.17, 15) is 9.18 Å². The lowest BCUT2D eigenvalue weighted by molar-refractivity contribution is 0.0607. The van der Waals surface area contributed by atoms with E-state index in [1.54, 1.807) is 6.07 Å². The normalized spacial score (nSPS) is 11.6. The van der Waals surface area contributed by atoms with E-state index in [4.69, 9.17) is 4.74 Å².